The van der Waals surface area contributed by atoms with Gasteiger partial charge in [-0.2, -0.15) is 0 Å². The average Bonchev–Trinajstić information content (AvgIpc) is 2.88. The quantitative estimate of drug-likeness (QED) is 0.576. The Morgan fingerprint density at radius 1 is 0.912 bits per heavy atom. The van der Waals surface area contributed by atoms with E-state index in [1.54, 1.807) is 14.2 Å². The van der Waals surface area contributed by atoms with Gasteiger partial charge in [0.05, 0.1) is 19.9 Å². The molecule has 1 aromatic heterocycles. The van der Waals surface area contributed by atoms with E-state index in [2.05, 4.69) is 46.4 Å². The van der Waals surface area contributed by atoms with Crippen molar-refractivity contribution in [3.63, 3.8) is 0 Å². The Morgan fingerprint density at radius 2 is 1.65 bits per heavy atom. The van der Waals surface area contributed by atoms with Crippen LogP contribution in [-0.2, 0) is 0 Å². The Labute approximate surface area is 200 Å². The van der Waals surface area contributed by atoms with Gasteiger partial charge in [-0.15, -0.1) is 10.2 Å². The maximum Gasteiger partial charge on any atom is 0.321 e. The van der Waals surface area contributed by atoms with Crippen LogP contribution in [0.3, 0.4) is 0 Å². The molecule has 2 heterocycles. The molecular formula is C26H31N5O3. The van der Waals surface area contributed by atoms with Crippen LogP contribution in [0.25, 0.3) is 11.3 Å². The van der Waals surface area contributed by atoms with E-state index in [0.29, 0.717) is 43.5 Å². The molecule has 2 amide bonds. The van der Waals surface area contributed by atoms with Crippen molar-refractivity contribution in [1.29, 1.82) is 0 Å². The Hall–Kier alpha value is -3.81. The van der Waals surface area contributed by atoms with Crippen molar-refractivity contribution < 1.29 is 14.3 Å². The van der Waals surface area contributed by atoms with Gasteiger partial charge < -0.3 is 24.6 Å². The summed E-state index contributed by atoms with van der Waals surface area (Å²) in [5, 5.41) is 11.8. The number of urea groups is 1. The summed E-state index contributed by atoms with van der Waals surface area (Å²) in [6.45, 7) is 6.92. The highest BCUT2D eigenvalue weighted by atomic mass is 16.5. The van der Waals surface area contributed by atoms with E-state index in [0.717, 1.165) is 22.8 Å². The van der Waals surface area contributed by atoms with Gasteiger partial charge in [0, 0.05) is 37.4 Å². The Balaban J connectivity index is 1.36. The molecular weight excluding hydrogens is 430 g/mol. The summed E-state index contributed by atoms with van der Waals surface area (Å²) in [7, 11) is 3.26. The van der Waals surface area contributed by atoms with Crippen molar-refractivity contribution in [2.75, 3.05) is 50.6 Å². The van der Waals surface area contributed by atoms with Crippen LogP contribution < -0.4 is 19.7 Å². The first-order chi connectivity index (χ1) is 16.5. The molecule has 0 atom stereocenters. The molecule has 0 radical (unpaired) electrons. The standard InChI is InChI=1S/C26H31N5O3/c1-18(2)19-5-7-20(8-6-19)27-26(32)31-15-13-30(14-16-31)25-12-10-23(28-29-25)22-17-21(33-3)9-11-24(22)34-4/h5-12,17-18H,13-16H2,1-4H3,(H,27,32). The fourth-order valence-electron chi connectivity index (χ4n) is 3.94. The molecule has 178 valence electrons. The number of nitrogens with zero attached hydrogens (tertiary/aromatic N) is 4. The summed E-state index contributed by atoms with van der Waals surface area (Å²) >= 11 is 0. The lowest BCUT2D eigenvalue weighted by Gasteiger charge is -2.35. The zero-order valence-corrected chi connectivity index (χ0v) is 20.1. The van der Waals surface area contributed by atoms with E-state index in [1.165, 1.54) is 5.56 Å². The normalized spacial score (nSPS) is 13.7. The van der Waals surface area contributed by atoms with Gasteiger partial charge in [-0.05, 0) is 53.9 Å². The first-order valence-electron chi connectivity index (χ1n) is 11.5. The highest BCUT2D eigenvalue weighted by molar-refractivity contribution is 5.89. The van der Waals surface area contributed by atoms with Crippen LogP contribution in [0.4, 0.5) is 16.3 Å². The largest absolute Gasteiger partial charge is 0.497 e. The van der Waals surface area contributed by atoms with E-state index in [1.807, 2.05) is 47.4 Å². The molecule has 8 heteroatoms. The number of aromatic nitrogens is 2. The number of ether oxygens (including phenoxy) is 2. The molecule has 1 aliphatic rings. The van der Waals surface area contributed by atoms with E-state index < -0.39 is 0 Å². The summed E-state index contributed by atoms with van der Waals surface area (Å²) in [6.07, 6.45) is 0. The molecule has 2 aromatic carbocycles. The smallest absolute Gasteiger partial charge is 0.321 e. The molecule has 34 heavy (non-hydrogen) atoms. The number of hydrogen-bond donors (Lipinski definition) is 1. The lowest BCUT2D eigenvalue weighted by molar-refractivity contribution is 0.208. The number of carbonyl (C=O) groups is 1. The van der Waals surface area contributed by atoms with Crippen molar-refractivity contribution in [3.8, 4) is 22.8 Å². The van der Waals surface area contributed by atoms with Crippen molar-refractivity contribution in [2.45, 2.75) is 19.8 Å². The predicted molar refractivity (Wildman–Crippen MR) is 134 cm³/mol. The molecule has 0 unspecified atom stereocenters. The summed E-state index contributed by atoms with van der Waals surface area (Å²) in [6, 6.07) is 17.4. The van der Waals surface area contributed by atoms with Gasteiger partial charge in [0.15, 0.2) is 5.82 Å². The van der Waals surface area contributed by atoms with Gasteiger partial charge in [0.1, 0.15) is 11.5 Å². The molecule has 3 aromatic rings. The number of methoxy groups -OCH3 is 2. The van der Waals surface area contributed by atoms with E-state index in [4.69, 9.17) is 9.47 Å². The fraction of sp³-hybridized carbons (Fsp3) is 0.346. The van der Waals surface area contributed by atoms with Crippen LogP contribution in [0, 0.1) is 0 Å². The number of hydrogen-bond acceptors (Lipinski definition) is 6. The van der Waals surface area contributed by atoms with E-state index in [9.17, 15) is 4.79 Å². The second-order valence-corrected chi connectivity index (χ2v) is 8.52. The van der Waals surface area contributed by atoms with E-state index >= 15 is 0 Å². The third-order valence-electron chi connectivity index (χ3n) is 6.05. The molecule has 1 N–H and O–H groups in total. The zero-order valence-electron chi connectivity index (χ0n) is 20.1. The van der Waals surface area contributed by atoms with Crippen molar-refractivity contribution in [1.82, 2.24) is 15.1 Å². The summed E-state index contributed by atoms with van der Waals surface area (Å²) in [5.41, 5.74) is 3.60. The summed E-state index contributed by atoms with van der Waals surface area (Å²) < 4.78 is 10.8. The average molecular weight is 462 g/mol. The topological polar surface area (TPSA) is 79.8 Å². The molecule has 0 bridgehead atoms. The van der Waals surface area contributed by atoms with Gasteiger partial charge in [-0.3, -0.25) is 0 Å². The second kappa shape index (κ2) is 10.4. The number of nitrogens with one attached hydrogen (secondary N) is 1. The molecule has 0 spiro atoms. The van der Waals surface area contributed by atoms with Crippen molar-refractivity contribution in [2.24, 2.45) is 0 Å². The van der Waals surface area contributed by atoms with Crippen LogP contribution in [0.5, 0.6) is 11.5 Å². The molecule has 0 saturated carbocycles. The van der Waals surface area contributed by atoms with E-state index in [-0.39, 0.29) is 6.03 Å². The zero-order chi connectivity index (χ0) is 24.1. The van der Waals surface area contributed by atoms with Gasteiger partial charge in [0.25, 0.3) is 0 Å². The van der Waals surface area contributed by atoms with Gasteiger partial charge in [-0.25, -0.2) is 4.79 Å². The Bertz CT molecular complexity index is 1110. The highest BCUT2D eigenvalue weighted by Crippen LogP contribution is 2.32. The minimum atomic E-state index is -0.0801. The summed E-state index contributed by atoms with van der Waals surface area (Å²) in [4.78, 5) is 16.7. The summed E-state index contributed by atoms with van der Waals surface area (Å²) in [5.74, 6) is 2.69. The second-order valence-electron chi connectivity index (χ2n) is 8.52. The van der Waals surface area contributed by atoms with Gasteiger partial charge in [0.2, 0.25) is 0 Å². The Kier molecular flexibility index (Phi) is 7.15. The van der Waals surface area contributed by atoms with Gasteiger partial charge in [-0.1, -0.05) is 26.0 Å². The fourth-order valence-corrected chi connectivity index (χ4v) is 3.94. The number of benzene rings is 2. The molecule has 4 rings (SSSR count). The molecule has 0 aliphatic carbocycles. The number of rotatable bonds is 6. The van der Waals surface area contributed by atoms with Gasteiger partial charge >= 0.3 is 6.03 Å². The lowest BCUT2D eigenvalue weighted by Crippen LogP contribution is -2.50. The Morgan fingerprint density at radius 3 is 2.24 bits per heavy atom. The SMILES string of the molecule is COc1ccc(OC)c(-c2ccc(N3CCN(C(=O)Nc4ccc(C(C)C)cc4)CC3)nn2)c1. The monoisotopic (exact) mass is 461 g/mol. The molecule has 1 fully saturated rings. The first-order valence-corrected chi connectivity index (χ1v) is 11.5. The van der Waals surface area contributed by atoms with Crippen LogP contribution in [0.15, 0.2) is 54.6 Å². The third-order valence-corrected chi connectivity index (χ3v) is 6.05. The molecule has 8 nitrogen and oxygen atoms in total. The van der Waals surface area contributed by atoms with Crippen molar-refractivity contribution >= 4 is 17.5 Å². The third kappa shape index (κ3) is 5.22. The predicted octanol–water partition coefficient (Wildman–Crippen LogP) is 4.64. The first kappa shape index (κ1) is 23.4. The number of carbonyl (C=O) groups excluding carboxylic acids is 1. The van der Waals surface area contributed by atoms with Crippen LogP contribution in [-0.4, -0.2) is 61.5 Å². The number of anilines is 2. The number of piperazine rings is 1. The van der Waals surface area contributed by atoms with Crippen molar-refractivity contribution in [3.05, 3.63) is 60.2 Å². The minimum Gasteiger partial charge on any atom is -0.497 e. The molecule has 1 aliphatic heterocycles. The van der Waals surface area contributed by atoms with Crippen LogP contribution in [0.2, 0.25) is 0 Å². The van der Waals surface area contributed by atoms with Crippen LogP contribution >= 0.6 is 0 Å². The molecule has 1 saturated heterocycles. The minimum absolute atomic E-state index is 0.0801. The maximum absolute atomic E-state index is 12.7. The highest BCUT2D eigenvalue weighted by Gasteiger charge is 2.22. The number of amides is 2. The maximum atomic E-state index is 12.7. The lowest BCUT2D eigenvalue weighted by atomic mass is 10.0. The van der Waals surface area contributed by atoms with Crippen LogP contribution in [0.1, 0.15) is 25.3 Å².